The molecule has 0 aromatic carbocycles. The molecule has 88 valence electrons. The number of nitrogens with zero attached hydrogens (tertiary/aromatic N) is 1. The third-order valence-electron chi connectivity index (χ3n) is 1.18. The summed E-state index contributed by atoms with van der Waals surface area (Å²) in [5.41, 5.74) is 0. The van der Waals surface area contributed by atoms with E-state index in [-0.39, 0.29) is 25.5 Å². The van der Waals surface area contributed by atoms with Crippen LogP contribution in [0.3, 0.4) is 0 Å². The lowest BCUT2D eigenvalue weighted by atomic mass is 10.4. The predicted molar refractivity (Wildman–Crippen MR) is 55.2 cm³/mol. The maximum atomic E-state index is 11.0. The van der Waals surface area contributed by atoms with Crippen LogP contribution in [0.25, 0.3) is 0 Å². The average molecular weight is 237 g/mol. The van der Waals surface area contributed by atoms with E-state index in [2.05, 4.69) is 9.13 Å². The third kappa shape index (κ3) is 7.92. The SMILES string of the molecule is CCOC(=O)C/C(=N/S(C)(=O)=O)OCC. The summed E-state index contributed by atoms with van der Waals surface area (Å²) in [6.45, 7) is 3.81. The summed E-state index contributed by atoms with van der Waals surface area (Å²) in [5.74, 6) is -0.702. The van der Waals surface area contributed by atoms with Crippen LogP contribution in [0.5, 0.6) is 0 Å². The van der Waals surface area contributed by atoms with E-state index in [9.17, 15) is 13.2 Å². The Bertz CT molecular complexity index is 333. The Labute approximate surface area is 89.3 Å². The maximum Gasteiger partial charge on any atom is 0.315 e. The second-order valence-corrected chi connectivity index (χ2v) is 4.28. The highest BCUT2D eigenvalue weighted by molar-refractivity contribution is 7.89. The normalized spacial score (nSPS) is 12.3. The molecule has 0 unspecified atom stereocenters. The molecule has 0 rings (SSSR count). The highest BCUT2D eigenvalue weighted by atomic mass is 32.2. The van der Waals surface area contributed by atoms with Crippen molar-refractivity contribution in [1.29, 1.82) is 0 Å². The number of hydrogen-bond donors (Lipinski definition) is 0. The van der Waals surface area contributed by atoms with Crippen LogP contribution in [0.1, 0.15) is 20.3 Å². The van der Waals surface area contributed by atoms with Crippen molar-refractivity contribution in [1.82, 2.24) is 0 Å². The number of ether oxygens (including phenoxy) is 2. The standard InChI is InChI=1S/C8H15NO5S/c1-4-13-7(9-15(3,11)12)6-8(10)14-5-2/h4-6H2,1-3H3/b9-7-. The number of rotatable bonds is 5. The topological polar surface area (TPSA) is 82.0 Å². The minimum Gasteiger partial charge on any atom is -0.480 e. The van der Waals surface area contributed by atoms with E-state index in [1.165, 1.54) is 0 Å². The summed E-state index contributed by atoms with van der Waals surface area (Å²) < 4.78 is 34.5. The fourth-order valence-electron chi connectivity index (χ4n) is 0.797. The summed E-state index contributed by atoms with van der Waals surface area (Å²) in [5, 5.41) is 0. The first-order chi connectivity index (χ1) is 6.89. The maximum absolute atomic E-state index is 11.0. The Balaban J connectivity index is 4.55. The largest absolute Gasteiger partial charge is 0.480 e. The van der Waals surface area contributed by atoms with E-state index in [1.807, 2.05) is 0 Å². The van der Waals surface area contributed by atoms with E-state index in [0.29, 0.717) is 0 Å². The molecule has 0 saturated heterocycles. The molecule has 0 heterocycles. The first-order valence-corrected chi connectivity index (χ1v) is 6.31. The Morgan fingerprint density at radius 3 is 2.13 bits per heavy atom. The molecule has 0 aliphatic carbocycles. The molecule has 0 fully saturated rings. The summed E-state index contributed by atoms with van der Waals surface area (Å²) in [6.07, 6.45) is 0.659. The minimum absolute atomic E-state index is 0.140. The summed E-state index contributed by atoms with van der Waals surface area (Å²) in [4.78, 5) is 11.0. The fourth-order valence-corrected chi connectivity index (χ4v) is 1.28. The Hall–Kier alpha value is -1.11. The van der Waals surface area contributed by atoms with Gasteiger partial charge in [-0.15, -0.1) is 4.40 Å². The van der Waals surface area contributed by atoms with Crippen LogP contribution in [-0.4, -0.2) is 39.8 Å². The van der Waals surface area contributed by atoms with Gasteiger partial charge in [0, 0.05) is 0 Å². The molecule has 0 amide bonds. The van der Waals surface area contributed by atoms with Crippen molar-refractivity contribution in [3.63, 3.8) is 0 Å². The molecule has 15 heavy (non-hydrogen) atoms. The van der Waals surface area contributed by atoms with Crippen molar-refractivity contribution < 1.29 is 22.7 Å². The monoisotopic (exact) mass is 237 g/mol. The van der Waals surface area contributed by atoms with Crippen molar-refractivity contribution in [3.05, 3.63) is 0 Å². The van der Waals surface area contributed by atoms with E-state index in [4.69, 9.17) is 4.74 Å². The molecule has 0 radical (unpaired) electrons. The lowest BCUT2D eigenvalue weighted by Crippen LogP contribution is -2.15. The number of sulfonamides is 1. The van der Waals surface area contributed by atoms with E-state index in [0.717, 1.165) is 6.26 Å². The van der Waals surface area contributed by atoms with E-state index in [1.54, 1.807) is 13.8 Å². The zero-order valence-electron chi connectivity index (χ0n) is 9.02. The fraction of sp³-hybridized carbons (Fsp3) is 0.750. The lowest BCUT2D eigenvalue weighted by Gasteiger charge is -2.05. The Morgan fingerprint density at radius 2 is 1.73 bits per heavy atom. The van der Waals surface area contributed by atoms with Gasteiger partial charge in [0.15, 0.2) is 0 Å². The van der Waals surface area contributed by atoms with Gasteiger partial charge in [-0.3, -0.25) is 4.79 Å². The van der Waals surface area contributed by atoms with Gasteiger partial charge >= 0.3 is 5.97 Å². The molecule has 0 spiro atoms. The van der Waals surface area contributed by atoms with Gasteiger partial charge in [-0.25, -0.2) is 8.42 Å². The predicted octanol–water partition coefficient (Wildman–Crippen LogP) is 0.334. The molecule has 0 aromatic rings. The lowest BCUT2D eigenvalue weighted by molar-refractivity contribution is -0.141. The van der Waals surface area contributed by atoms with Crippen LogP contribution in [0.15, 0.2) is 4.40 Å². The molecule has 0 aliphatic rings. The molecule has 0 saturated carbocycles. The highest BCUT2D eigenvalue weighted by Crippen LogP contribution is 1.97. The van der Waals surface area contributed by atoms with Gasteiger partial charge in [-0.1, -0.05) is 0 Å². The van der Waals surface area contributed by atoms with Crippen LogP contribution < -0.4 is 0 Å². The van der Waals surface area contributed by atoms with E-state index < -0.39 is 16.0 Å². The van der Waals surface area contributed by atoms with Crippen LogP contribution in [0.2, 0.25) is 0 Å². The van der Waals surface area contributed by atoms with E-state index >= 15 is 0 Å². The van der Waals surface area contributed by atoms with Crippen molar-refractivity contribution in [2.45, 2.75) is 20.3 Å². The third-order valence-corrected chi connectivity index (χ3v) is 1.71. The molecule has 0 N–H and O–H groups in total. The van der Waals surface area contributed by atoms with Gasteiger partial charge in [0.25, 0.3) is 10.0 Å². The minimum atomic E-state index is -3.55. The molecular formula is C8H15NO5S. The summed E-state index contributed by atoms with van der Waals surface area (Å²) in [7, 11) is -3.55. The molecule has 6 nitrogen and oxygen atoms in total. The second-order valence-electron chi connectivity index (χ2n) is 2.63. The van der Waals surface area contributed by atoms with Crippen LogP contribution in [0, 0.1) is 0 Å². The van der Waals surface area contributed by atoms with Crippen molar-refractivity contribution in [2.24, 2.45) is 4.40 Å². The Morgan fingerprint density at radius 1 is 1.20 bits per heavy atom. The first-order valence-electron chi connectivity index (χ1n) is 4.46. The van der Waals surface area contributed by atoms with Crippen molar-refractivity contribution >= 4 is 21.9 Å². The van der Waals surface area contributed by atoms with Gasteiger partial charge in [0.2, 0.25) is 5.90 Å². The van der Waals surface area contributed by atoms with Gasteiger partial charge in [-0.05, 0) is 13.8 Å². The van der Waals surface area contributed by atoms with Crippen LogP contribution in [-0.2, 0) is 24.3 Å². The van der Waals surface area contributed by atoms with Crippen LogP contribution in [0.4, 0.5) is 0 Å². The second kappa shape index (κ2) is 6.39. The number of carbonyl (C=O) groups is 1. The summed E-state index contributed by atoms with van der Waals surface area (Å²) >= 11 is 0. The van der Waals surface area contributed by atoms with Gasteiger partial charge in [0.1, 0.15) is 6.42 Å². The van der Waals surface area contributed by atoms with Gasteiger partial charge in [0.05, 0.1) is 19.5 Å². The number of esters is 1. The quantitative estimate of drug-likeness (QED) is 0.391. The summed E-state index contributed by atoms with van der Waals surface area (Å²) in [6, 6.07) is 0. The molecule has 0 aromatic heterocycles. The Kier molecular flexibility index (Phi) is 5.92. The molecule has 0 aliphatic heterocycles. The van der Waals surface area contributed by atoms with Gasteiger partial charge in [-0.2, -0.15) is 0 Å². The first kappa shape index (κ1) is 13.9. The van der Waals surface area contributed by atoms with Crippen molar-refractivity contribution in [3.8, 4) is 0 Å². The smallest absolute Gasteiger partial charge is 0.315 e. The van der Waals surface area contributed by atoms with Crippen LogP contribution >= 0.6 is 0 Å². The number of carbonyl (C=O) groups excluding carboxylic acids is 1. The molecule has 0 bridgehead atoms. The molecule has 7 heteroatoms. The zero-order valence-corrected chi connectivity index (χ0v) is 9.83. The molecule has 0 atom stereocenters. The highest BCUT2D eigenvalue weighted by Gasteiger charge is 2.12. The molecular weight excluding hydrogens is 222 g/mol. The van der Waals surface area contributed by atoms with Gasteiger partial charge < -0.3 is 9.47 Å². The number of hydrogen-bond acceptors (Lipinski definition) is 5. The van der Waals surface area contributed by atoms with Crippen molar-refractivity contribution in [2.75, 3.05) is 19.5 Å². The zero-order chi connectivity index (χ0) is 11.9. The average Bonchev–Trinajstić information content (AvgIpc) is 2.01.